The Kier molecular flexibility index (Phi) is 6.14. The molecule has 1 aliphatic heterocycles. The molecule has 8 heteroatoms. The highest BCUT2D eigenvalue weighted by Crippen LogP contribution is 2.33. The van der Waals surface area contributed by atoms with Gasteiger partial charge in [0.25, 0.3) is 0 Å². The van der Waals surface area contributed by atoms with E-state index in [4.69, 9.17) is 9.47 Å². The standard InChI is InChI=1S/C21H26N2O5S/c1-5-21(24)23-11-10-15-12-17(7-8-19(15)23)29(25,26)22-14(2)18-13-16(27-3)6-9-20(18)28-4/h6-9,12-14,22H,5,10-11H2,1-4H3/t14-/m0/s1. The summed E-state index contributed by atoms with van der Waals surface area (Å²) in [6.07, 6.45) is 1.06. The Morgan fingerprint density at radius 3 is 2.59 bits per heavy atom. The Labute approximate surface area is 171 Å². The number of ether oxygens (including phenoxy) is 2. The van der Waals surface area contributed by atoms with Crippen LogP contribution in [0.3, 0.4) is 0 Å². The van der Waals surface area contributed by atoms with Crippen LogP contribution >= 0.6 is 0 Å². The van der Waals surface area contributed by atoms with Crippen LogP contribution < -0.4 is 19.1 Å². The SMILES string of the molecule is CCC(=O)N1CCc2cc(S(=O)(=O)N[C@@H](C)c3cc(OC)ccc3OC)ccc21. The van der Waals surface area contributed by atoms with E-state index in [1.807, 2.05) is 6.92 Å². The van der Waals surface area contributed by atoms with E-state index >= 15 is 0 Å². The molecule has 0 unspecified atom stereocenters. The number of carbonyl (C=O) groups is 1. The van der Waals surface area contributed by atoms with E-state index in [1.165, 1.54) is 13.2 Å². The summed E-state index contributed by atoms with van der Waals surface area (Å²) in [5.41, 5.74) is 2.33. The molecular formula is C21H26N2O5S. The number of benzene rings is 2. The van der Waals surface area contributed by atoms with Crippen molar-refractivity contribution in [3.05, 3.63) is 47.5 Å². The van der Waals surface area contributed by atoms with Crippen molar-refractivity contribution in [2.45, 2.75) is 37.6 Å². The number of nitrogens with zero attached hydrogens (tertiary/aromatic N) is 1. The molecule has 0 radical (unpaired) electrons. The van der Waals surface area contributed by atoms with E-state index < -0.39 is 16.1 Å². The molecular weight excluding hydrogens is 392 g/mol. The normalized spacial score (nSPS) is 14.4. The summed E-state index contributed by atoms with van der Waals surface area (Å²) < 4.78 is 39.3. The van der Waals surface area contributed by atoms with E-state index in [9.17, 15) is 13.2 Å². The predicted octanol–water partition coefficient (Wildman–Crippen LogP) is 3.04. The first-order valence-electron chi connectivity index (χ1n) is 9.48. The first-order valence-corrected chi connectivity index (χ1v) is 11.0. The fourth-order valence-electron chi connectivity index (χ4n) is 3.54. The van der Waals surface area contributed by atoms with Crippen molar-refractivity contribution >= 4 is 21.6 Å². The maximum Gasteiger partial charge on any atom is 0.241 e. The van der Waals surface area contributed by atoms with Crippen LogP contribution in [0.25, 0.3) is 0 Å². The number of hydrogen-bond acceptors (Lipinski definition) is 5. The van der Waals surface area contributed by atoms with Gasteiger partial charge < -0.3 is 14.4 Å². The zero-order valence-electron chi connectivity index (χ0n) is 17.1. The topological polar surface area (TPSA) is 84.9 Å². The Morgan fingerprint density at radius 1 is 1.17 bits per heavy atom. The maximum atomic E-state index is 13.0. The molecule has 1 heterocycles. The van der Waals surface area contributed by atoms with Gasteiger partial charge in [0.05, 0.1) is 19.1 Å². The number of fused-ring (bicyclic) bond motifs is 1. The molecule has 1 amide bonds. The molecule has 1 atom stereocenters. The highest BCUT2D eigenvalue weighted by atomic mass is 32.2. The second-order valence-corrected chi connectivity index (χ2v) is 8.60. The van der Waals surface area contributed by atoms with Gasteiger partial charge in [-0.25, -0.2) is 13.1 Å². The first-order chi connectivity index (χ1) is 13.8. The maximum absolute atomic E-state index is 13.0. The Bertz CT molecular complexity index is 1020. The van der Waals surface area contributed by atoms with Gasteiger partial charge in [0, 0.05) is 30.3 Å². The van der Waals surface area contributed by atoms with E-state index in [-0.39, 0.29) is 10.8 Å². The van der Waals surface area contributed by atoms with Gasteiger partial charge in [-0.1, -0.05) is 6.92 Å². The number of hydrogen-bond donors (Lipinski definition) is 1. The lowest BCUT2D eigenvalue weighted by atomic mass is 10.1. The second kappa shape index (κ2) is 8.42. The summed E-state index contributed by atoms with van der Waals surface area (Å²) in [4.78, 5) is 13.9. The largest absolute Gasteiger partial charge is 0.497 e. The minimum absolute atomic E-state index is 0.0382. The Balaban J connectivity index is 1.86. The lowest BCUT2D eigenvalue weighted by Crippen LogP contribution is -2.28. The third-order valence-corrected chi connectivity index (χ3v) is 6.63. The van der Waals surface area contributed by atoms with Gasteiger partial charge in [0.2, 0.25) is 15.9 Å². The van der Waals surface area contributed by atoms with Gasteiger partial charge in [-0.05, 0) is 55.3 Å². The number of anilines is 1. The molecule has 7 nitrogen and oxygen atoms in total. The molecule has 29 heavy (non-hydrogen) atoms. The number of nitrogens with one attached hydrogen (secondary N) is 1. The van der Waals surface area contributed by atoms with Crippen LogP contribution in [-0.4, -0.2) is 35.1 Å². The van der Waals surface area contributed by atoms with Gasteiger partial charge in [-0.2, -0.15) is 0 Å². The summed E-state index contributed by atoms with van der Waals surface area (Å²) in [6.45, 7) is 4.15. The van der Waals surface area contributed by atoms with E-state index in [0.29, 0.717) is 36.4 Å². The van der Waals surface area contributed by atoms with Crippen LogP contribution in [0.4, 0.5) is 5.69 Å². The minimum atomic E-state index is -3.77. The van der Waals surface area contributed by atoms with Gasteiger partial charge in [-0.15, -0.1) is 0 Å². The summed E-state index contributed by atoms with van der Waals surface area (Å²) in [5.74, 6) is 1.23. The minimum Gasteiger partial charge on any atom is -0.497 e. The van der Waals surface area contributed by atoms with Crippen LogP contribution in [-0.2, 0) is 21.2 Å². The van der Waals surface area contributed by atoms with Crippen LogP contribution in [0.2, 0.25) is 0 Å². The molecule has 1 N–H and O–H groups in total. The average Bonchev–Trinajstić information content (AvgIpc) is 3.15. The molecule has 2 aromatic rings. The van der Waals surface area contributed by atoms with Crippen molar-refractivity contribution < 1.29 is 22.7 Å². The van der Waals surface area contributed by atoms with Crippen LogP contribution in [0.15, 0.2) is 41.3 Å². The van der Waals surface area contributed by atoms with E-state index in [0.717, 1.165) is 11.3 Å². The molecule has 3 rings (SSSR count). The van der Waals surface area contributed by atoms with E-state index in [2.05, 4.69) is 4.72 Å². The lowest BCUT2D eigenvalue weighted by molar-refractivity contribution is -0.118. The predicted molar refractivity (Wildman–Crippen MR) is 111 cm³/mol. The lowest BCUT2D eigenvalue weighted by Gasteiger charge is -2.19. The van der Waals surface area contributed by atoms with Crippen molar-refractivity contribution in [2.24, 2.45) is 0 Å². The molecule has 0 saturated heterocycles. The summed E-state index contributed by atoms with van der Waals surface area (Å²) in [6, 6.07) is 9.62. The van der Waals surface area contributed by atoms with Crippen molar-refractivity contribution in [1.82, 2.24) is 4.72 Å². The number of rotatable bonds is 7. The number of sulfonamides is 1. The van der Waals surface area contributed by atoms with Gasteiger partial charge >= 0.3 is 0 Å². The third-order valence-electron chi connectivity index (χ3n) is 5.10. The monoisotopic (exact) mass is 418 g/mol. The van der Waals surface area contributed by atoms with Gasteiger partial charge in [-0.3, -0.25) is 4.79 Å². The molecule has 0 spiro atoms. The summed E-state index contributed by atoms with van der Waals surface area (Å²) in [5, 5.41) is 0. The number of amides is 1. The smallest absolute Gasteiger partial charge is 0.241 e. The quantitative estimate of drug-likeness (QED) is 0.747. The first kappa shape index (κ1) is 21.1. The molecule has 0 aliphatic carbocycles. The molecule has 156 valence electrons. The number of carbonyl (C=O) groups excluding carboxylic acids is 1. The van der Waals surface area contributed by atoms with Crippen LogP contribution in [0.5, 0.6) is 11.5 Å². The molecule has 1 aliphatic rings. The molecule has 0 aromatic heterocycles. The Morgan fingerprint density at radius 2 is 1.93 bits per heavy atom. The highest BCUT2D eigenvalue weighted by Gasteiger charge is 2.27. The molecule has 2 aromatic carbocycles. The van der Waals surface area contributed by atoms with Crippen LogP contribution in [0, 0.1) is 0 Å². The van der Waals surface area contributed by atoms with E-state index in [1.54, 1.807) is 49.3 Å². The Hall–Kier alpha value is -2.58. The molecule has 0 fully saturated rings. The zero-order valence-corrected chi connectivity index (χ0v) is 17.9. The fraction of sp³-hybridized carbons (Fsp3) is 0.381. The van der Waals surface area contributed by atoms with Crippen LogP contribution in [0.1, 0.15) is 37.4 Å². The van der Waals surface area contributed by atoms with Gasteiger partial charge in [0.1, 0.15) is 11.5 Å². The van der Waals surface area contributed by atoms with Crippen molar-refractivity contribution in [3.8, 4) is 11.5 Å². The summed E-state index contributed by atoms with van der Waals surface area (Å²) in [7, 11) is -0.676. The highest BCUT2D eigenvalue weighted by molar-refractivity contribution is 7.89. The molecule has 0 bridgehead atoms. The fourth-order valence-corrected chi connectivity index (χ4v) is 4.81. The summed E-state index contributed by atoms with van der Waals surface area (Å²) >= 11 is 0. The second-order valence-electron chi connectivity index (χ2n) is 6.89. The van der Waals surface area contributed by atoms with Gasteiger partial charge in [0.15, 0.2) is 0 Å². The number of methoxy groups -OCH3 is 2. The van der Waals surface area contributed by atoms with Crippen molar-refractivity contribution in [2.75, 3.05) is 25.7 Å². The molecule has 0 saturated carbocycles. The third kappa shape index (κ3) is 4.23. The van der Waals surface area contributed by atoms with Crippen molar-refractivity contribution in [3.63, 3.8) is 0 Å². The zero-order chi connectivity index (χ0) is 21.2. The average molecular weight is 419 g/mol. The van der Waals surface area contributed by atoms with Crippen molar-refractivity contribution in [1.29, 1.82) is 0 Å².